The van der Waals surface area contributed by atoms with E-state index in [2.05, 4.69) is 5.32 Å². The number of halogens is 1. The smallest absolute Gasteiger partial charge is 0.129 e. The van der Waals surface area contributed by atoms with Crippen LogP contribution in [-0.4, -0.2) is 18.2 Å². The Labute approximate surface area is 113 Å². The summed E-state index contributed by atoms with van der Waals surface area (Å²) in [5.41, 5.74) is 1.62. The molecule has 1 heterocycles. The Bertz CT molecular complexity index is 500. The lowest BCUT2D eigenvalue weighted by Crippen LogP contribution is -2.37. The maximum absolute atomic E-state index is 13.7. The normalized spacial score (nSPS) is 26.8. The summed E-state index contributed by atoms with van der Waals surface area (Å²) >= 11 is 0. The Morgan fingerprint density at radius 3 is 2.53 bits per heavy atom. The largest absolute Gasteiger partial charge is 0.382 e. The Balaban J connectivity index is 2.19. The van der Waals surface area contributed by atoms with Crippen LogP contribution in [0, 0.1) is 24.1 Å². The molecule has 19 heavy (non-hydrogen) atoms. The second-order valence-corrected chi connectivity index (χ2v) is 5.31. The molecule has 3 nitrogen and oxygen atoms in total. The predicted molar refractivity (Wildman–Crippen MR) is 72.5 cm³/mol. The topological polar surface area (TPSA) is 45.0 Å². The first kappa shape index (κ1) is 13.8. The molecule has 102 valence electrons. The summed E-state index contributed by atoms with van der Waals surface area (Å²) < 4.78 is 19.4. The average molecular weight is 262 g/mol. The summed E-state index contributed by atoms with van der Waals surface area (Å²) in [6.45, 7) is 5.82. The van der Waals surface area contributed by atoms with E-state index >= 15 is 0 Å². The summed E-state index contributed by atoms with van der Waals surface area (Å²) in [5, 5.41) is 12.3. The standard InChI is InChI=1S/C15H19FN2O/c1-9-4-13(5-10(2)19-9)18-15-7-12(8-17)6-14(16)11(15)3/h6-7,9-10,13,18H,4-5H2,1-3H3. The number of ether oxygens (including phenoxy) is 1. The number of nitriles is 1. The Morgan fingerprint density at radius 1 is 1.32 bits per heavy atom. The molecule has 0 aromatic heterocycles. The fourth-order valence-corrected chi connectivity index (χ4v) is 2.64. The van der Waals surface area contributed by atoms with E-state index in [0.29, 0.717) is 16.8 Å². The Hall–Kier alpha value is -1.60. The lowest BCUT2D eigenvalue weighted by molar-refractivity contribution is -0.0337. The minimum atomic E-state index is -0.338. The zero-order valence-electron chi connectivity index (χ0n) is 11.5. The van der Waals surface area contributed by atoms with Crippen LogP contribution >= 0.6 is 0 Å². The van der Waals surface area contributed by atoms with Crippen molar-refractivity contribution in [3.8, 4) is 6.07 Å². The minimum Gasteiger partial charge on any atom is -0.382 e. The second-order valence-electron chi connectivity index (χ2n) is 5.31. The number of hydrogen-bond donors (Lipinski definition) is 1. The first-order valence-electron chi connectivity index (χ1n) is 6.62. The number of hydrogen-bond acceptors (Lipinski definition) is 3. The summed E-state index contributed by atoms with van der Waals surface area (Å²) in [5.74, 6) is -0.338. The molecule has 0 amide bonds. The zero-order chi connectivity index (χ0) is 14.0. The lowest BCUT2D eigenvalue weighted by atomic mass is 9.98. The van der Waals surface area contributed by atoms with Crippen molar-refractivity contribution in [3.05, 3.63) is 29.1 Å². The molecule has 0 radical (unpaired) electrons. The fraction of sp³-hybridized carbons (Fsp3) is 0.533. The van der Waals surface area contributed by atoms with Gasteiger partial charge in [-0.15, -0.1) is 0 Å². The van der Waals surface area contributed by atoms with Crippen molar-refractivity contribution in [1.29, 1.82) is 5.26 Å². The number of anilines is 1. The van der Waals surface area contributed by atoms with Crippen molar-refractivity contribution in [2.24, 2.45) is 0 Å². The van der Waals surface area contributed by atoms with Crippen LogP contribution in [0.3, 0.4) is 0 Å². The van der Waals surface area contributed by atoms with Gasteiger partial charge in [-0.25, -0.2) is 4.39 Å². The number of rotatable bonds is 2. The highest BCUT2D eigenvalue weighted by atomic mass is 19.1. The van der Waals surface area contributed by atoms with E-state index in [0.717, 1.165) is 12.8 Å². The molecule has 0 aliphatic carbocycles. The molecule has 4 heteroatoms. The van der Waals surface area contributed by atoms with Crippen molar-refractivity contribution in [2.75, 3.05) is 5.32 Å². The summed E-state index contributed by atoms with van der Waals surface area (Å²) in [4.78, 5) is 0. The fourth-order valence-electron chi connectivity index (χ4n) is 2.64. The molecular formula is C15H19FN2O. The van der Waals surface area contributed by atoms with Gasteiger partial charge in [0.2, 0.25) is 0 Å². The molecule has 0 bridgehead atoms. The van der Waals surface area contributed by atoms with E-state index in [-0.39, 0.29) is 24.1 Å². The molecule has 2 atom stereocenters. The van der Waals surface area contributed by atoms with E-state index in [1.54, 1.807) is 13.0 Å². The van der Waals surface area contributed by atoms with Gasteiger partial charge in [-0.3, -0.25) is 0 Å². The van der Waals surface area contributed by atoms with Gasteiger partial charge >= 0.3 is 0 Å². The quantitative estimate of drug-likeness (QED) is 0.888. The monoisotopic (exact) mass is 262 g/mol. The van der Waals surface area contributed by atoms with Gasteiger partial charge in [-0.2, -0.15) is 5.26 Å². The van der Waals surface area contributed by atoms with Gasteiger partial charge in [0.05, 0.1) is 23.8 Å². The van der Waals surface area contributed by atoms with E-state index < -0.39 is 0 Å². The van der Waals surface area contributed by atoms with Gasteiger partial charge in [0, 0.05) is 17.3 Å². The van der Waals surface area contributed by atoms with Crippen molar-refractivity contribution < 1.29 is 9.13 Å². The lowest BCUT2D eigenvalue weighted by Gasteiger charge is -2.33. The third-order valence-corrected chi connectivity index (χ3v) is 3.53. The van der Waals surface area contributed by atoms with Gasteiger partial charge in [-0.1, -0.05) is 0 Å². The van der Waals surface area contributed by atoms with Gasteiger partial charge in [0.15, 0.2) is 0 Å². The van der Waals surface area contributed by atoms with Crippen LogP contribution in [0.1, 0.15) is 37.8 Å². The predicted octanol–water partition coefficient (Wildman–Crippen LogP) is 3.37. The third-order valence-electron chi connectivity index (χ3n) is 3.53. The molecule has 1 aliphatic heterocycles. The molecule has 0 spiro atoms. The molecule has 1 aromatic carbocycles. The molecule has 2 unspecified atom stereocenters. The maximum atomic E-state index is 13.7. The van der Waals surface area contributed by atoms with Crippen molar-refractivity contribution >= 4 is 5.69 Å². The Morgan fingerprint density at radius 2 is 1.95 bits per heavy atom. The highest BCUT2D eigenvalue weighted by Crippen LogP contribution is 2.26. The molecule has 1 aliphatic rings. The van der Waals surface area contributed by atoms with E-state index in [9.17, 15) is 4.39 Å². The molecule has 1 saturated heterocycles. The van der Waals surface area contributed by atoms with Gasteiger partial charge in [0.25, 0.3) is 0 Å². The van der Waals surface area contributed by atoms with Crippen LogP contribution in [0.2, 0.25) is 0 Å². The molecule has 1 N–H and O–H groups in total. The van der Waals surface area contributed by atoms with Crippen LogP contribution in [-0.2, 0) is 4.74 Å². The van der Waals surface area contributed by atoms with Crippen LogP contribution in [0.25, 0.3) is 0 Å². The molecular weight excluding hydrogens is 243 g/mol. The molecule has 1 aromatic rings. The first-order valence-corrected chi connectivity index (χ1v) is 6.62. The third kappa shape index (κ3) is 3.24. The summed E-state index contributed by atoms with van der Waals surface area (Å²) in [6, 6.07) is 5.23. The highest BCUT2D eigenvalue weighted by molar-refractivity contribution is 5.56. The van der Waals surface area contributed by atoms with Crippen LogP contribution in [0.15, 0.2) is 12.1 Å². The Kier molecular flexibility index (Phi) is 4.06. The summed E-state index contributed by atoms with van der Waals surface area (Å²) in [6.07, 6.45) is 2.18. The molecule has 2 rings (SSSR count). The second kappa shape index (κ2) is 5.58. The van der Waals surface area contributed by atoms with E-state index in [4.69, 9.17) is 10.00 Å². The zero-order valence-corrected chi connectivity index (χ0v) is 11.5. The molecule has 0 saturated carbocycles. The van der Waals surface area contributed by atoms with Gasteiger partial charge in [0.1, 0.15) is 5.82 Å². The highest BCUT2D eigenvalue weighted by Gasteiger charge is 2.24. The first-order chi connectivity index (χ1) is 8.99. The van der Waals surface area contributed by atoms with Crippen molar-refractivity contribution in [1.82, 2.24) is 0 Å². The number of nitrogens with zero attached hydrogens (tertiary/aromatic N) is 1. The summed E-state index contributed by atoms with van der Waals surface area (Å²) in [7, 11) is 0. The SMILES string of the molecule is Cc1c(F)cc(C#N)cc1NC1CC(C)OC(C)C1. The average Bonchev–Trinajstić information content (AvgIpc) is 2.33. The molecule has 1 fully saturated rings. The number of nitrogens with one attached hydrogen (secondary N) is 1. The van der Waals surface area contributed by atoms with E-state index in [1.807, 2.05) is 19.9 Å². The van der Waals surface area contributed by atoms with Gasteiger partial charge < -0.3 is 10.1 Å². The van der Waals surface area contributed by atoms with E-state index in [1.165, 1.54) is 6.07 Å². The van der Waals surface area contributed by atoms with Crippen LogP contribution < -0.4 is 5.32 Å². The number of benzene rings is 1. The minimum absolute atomic E-state index is 0.200. The van der Waals surface area contributed by atoms with Crippen LogP contribution in [0.5, 0.6) is 0 Å². The van der Waals surface area contributed by atoms with Crippen molar-refractivity contribution in [2.45, 2.75) is 51.9 Å². The van der Waals surface area contributed by atoms with Crippen LogP contribution in [0.4, 0.5) is 10.1 Å². The maximum Gasteiger partial charge on any atom is 0.129 e. The van der Waals surface area contributed by atoms with Crippen molar-refractivity contribution in [3.63, 3.8) is 0 Å². The van der Waals surface area contributed by atoms with Gasteiger partial charge in [-0.05, 0) is 45.7 Å².